The standard InChI is InChI=1S/C19H23N3O2/c1-13-11-22(12-14(2)24-13)18-9-4-3-8-17(18)21-19(23)15-6-5-7-16(20)10-15/h3-10,13-14H,11-12,20H2,1-2H3,(H,21,23). The third-order valence-electron chi connectivity index (χ3n) is 4.06. The van der Waals surface area contributed by atoms with Crippen LogP contribution in [-0.2, 0) is 4.74 Å². The SMILES string of the molecule is CC1CN(c2ccccc2NC(=O)c2cccc(N)c2)CC(C)O1. The molecule has 1 aliphatic heterocycles. The summed E-state index contributed by atoms with van der Waals surface area (Å²) in [6, 6.07) is 14.8. The molecule has 0 spiro atoms. The van der Waals surface area contributed by atoms with Crippen molar-refractivity contribution in [3.05, 3.63) is 54.1 Å². The van der Waals surface area contributed by atoms with E-state index in [1.165, 1.54) is 0 Å². The van der Waals surface area contributed by atoms with E-state index in [1.54, 1.807) is 24.3 Å². The zero-order valence-electron chi connectivity index (χ0n) is 14.0. The molecule has 0 aliphatic carbocycles. The zero-order valence-corrected chi connectivity index (χ0v) is 14.0. The number of anilines is 3. The quantitative estimate of drug-likeness (QED) is 0.851. The number of nitrogens with two attached hydrogens (primary N) is 1. The molecule has 2 atom stereocenters. The number of nitrogens with zero attached hydrogens (tertiary/aromatic N) is 1. The van der Waals surface area contributed by atoms with Gasteiger partial charge in [0.15, 0.2) is 0 Å². The third kappa shape index (κ3) is 3.68. The molecule has 3 N–H and O–H groups in total. The molecule has 1 aliphatic rings. The second-order valence-electron chi connectivity index (χ2n) is 6.26. The van der Waals surface area contributed by atoms with Crippen molar-refractivity contribution in [1.29, 1.82) is 0 Å². The Morgan fingerprint density at radius 1 is 1.12 bits per heavy atom. The number of rotatable bonds is 3. The van der Waals surface area contributed by atoms with Gasteiger partial charge in [0.25, 0.3) is 5.91 Å². The second-order valence-corrected chi connectivity index (χ2v) is 6.26. The lowest BCUT2D eigenvalue weighted by Gasteiger charge is -2.37. The fourth-order valence-electron chi connectivity index (χ4n) is 3.10. The molecule has 5 nitrogen and oxygen atoms in total. The van der Waals surface area contributed by atoms with Crippen molar-refractivity contribution in [2.45, 2.75) is 26.1 Å². The van der Waals surface area contributed by atoms with E-state index >= 15 is 0 Å². The average Bonchev–Trinajstić information content (AvgIpc) is 2.54. The number of morpholine rings is 1. The van der Waals surface area contributed by atoms with Gasteiger partial charge in [-0.25, -0.2) is 0 Å². The van der Waals surface area contributed by atoms with Crippen LogP contribution in [0, 0.1) is 0 Å². The van der Waals surface area contributed by atoms with Crippen LogP contribution >= 0.6 is 0 Å². The molecule has 0 aromatic heterocycles. The van der Waals surface area contributed by atoms with Gasteiger partial charge in [-0.1, -0.05) is 18.2 Å². The van der Waals surface area contributed by atoms with Crippen LogP contribution in [0.2, 0.25) is 0 Å². The number of benzene rings is 2. The number of ether oxygens (including phenoxy) is 1. The summed E-state index contributed by atoms with van der Waals surface area (Å²) in [6.07, 6.45) is 0.317. The number of nitrogens with one attached hydrogen (secondary N) is 1. The Bertz CT molecular complexity index is 722. The van der Waals surface area contributed by atoms with E-state index in [1.807, 2.05) is 24.3 Å². The number of carbonyl (C=O) groups is 1. The van der Waals surface area contributed by atoms with Crippen LogP contribution in [0.1, 0.15) is 24.2 Å². The summed E-state index contributed by atoms with van der Waals surface area (Å²) in [7, 11) is 0. The maximum absolute atomic E-state index is 12.5. The van der Waals surface area contributed by atoms with Gasteiger partial charge in [0.1, 0.15) is 0 Å². The topological polar surface area (TPSA) is 67.6 Å². The minimum absolute atomic E-state index is 0.159. The fraction of sp³-hybridized carbons (Fsp3) is 0.316. The van der Waals surface area contributed by atoms with E-state index in [9.17, 15) is 4.79 Å². The minimum atomic E-state index is -0.163. The number of hydrogen-bond acceptors (Lipinski definition) is 4. The molecule has 5 heteroatoms. The highest BCUT2D eigenvalue weighted by molar-refractivity contribution is 6.06. The molecule has 1 saturated heterocycles. The molecular weight excluding hydrogens is 302 g/mol. The van der Waals surface area contributed by atoms with E-state index in [2.05, 4.69) is 24.1 Å². The van der Waals surface area contributed by atoms with E-state index < -0.39 is 0 Å². The normalized spacial score (nSPS) is 20.7. The second kappa shape index (κ2) is 6.93. The van der Waals surface area contributed by atoms with Gasteiger partial charge in [-0.15, -0.1) is 0 Å². The Labute approximate surface area is 142 Å². The van der Waals surface area contributed by atoms with Gasteiger partial charge in [-0.3, -0.25) is 4.79 Å². The minimum Gasteiger partial charge on any atom is -0.399 e. The summed E-state index contributed by atoms with van der Waals surface area (Å²) in [5.74, 6) is -0.163. The maximum atomic E-state index is 12.5. The lowest BCUT2D eigenvalue weighted by molar-refractivity contribution is -0.00517. The molecule has 1 fully saturated rings. The van der Waals surface area contributed by atoms with E-state index in [0.29, 0.717) is 11.3 Å². The van der Waals surface area contributed by atoms with Gasteiger partial charge in [-0.05, 0) is 44.2 Å². The van der Waals surface area contributed by atoms with Gasteiger partial charge < -0.3 is 20.7 Å². The van der Waals surface area contributed by atoms with Crippen molar-refractivity contribution in [2.24, 2.45) is 0 Å². The molecule has 126 valence electrons. The van der Waals surface area contributed by atoms with Crippen LogP contribution in [0.3, 0.4) is 0 Å². The highest BCUT2D eigenvalue weighted by Crippen LogP contribution is 2.29. The van der Waals surface area contributed by atoms with Crippen molar-refractivity contribution in [3.63, 3.8) is 0 Å². The summed E-state index contributed by atoms with van der Waals surface area (Å²) in [4.78, 5) is 14.8. The number of carbonyl (C=O) groups excluding carboxylic acids is 1. The Hall–Kier alpha value is -2.53. The van der Waals surface area contributed by atoms with Crippen LogP contribution in [0.25, 0.3) is 0 Å². The van der Waals surface area contributed by atoms with Crippen LogP contribution < -0.4 is 16.0 Å². The first-order valence-electron chi connectivity index (χ1n) is 8.19. The van der Waals surface area contributed by atoms with Gasteiger partial charge in [0.05, 0.1) is 23.6 Å². The van der Waals surface area contributed by atoms with Gasteiger partial charge in [0.2, 0.25) is 0 Å². The van der Waals surface area contributed by atoms with Crippen LogP contribution in [0.15, 0.2) is 48.5 Å². The first-order chi connectivity index (χ1) is 11.5. The van der Waals surface area contributed by atoms with Crippen molar-refractivity contribution < 1.29 is 9.53 Å². The summed E-state index contributed by atoms with van der Waals surface area (Å²) in [5, 5.41) is 3.00. The zero-order chi connectivity index (χ0) is 17.1. The van der Waals surface area contributed by atoms with E-state index in [0.717, 1.165) is 24.5 Å². The summed E-state index contributed by atoms with van der Waals surface area (Å²) in [6.45, 7) is 5.73. The van der Waals surface area contributed by atoms with Gasteiger partial charge in [0, 0.05) is 24.3 Å². The van der Waals surface area contributed by atoms with Crippen LogP contribution in [0.4, 0.5) is 17.1 Å². The molecule has 1 amide bonds. The number of nitrogen functional groups attached to an aromatic ring is 1. The van der Waals surface area contributed by atoms with Crippen LogP contribution in [0.5, 0.6) is 0 Å². The third-order valence-corrected chi connectivity index (χ3v) is 4.06. The van der Waals surface area contributed by atoms with Gasteiger partial charge >= 0.3 is 0 Å². The van der Waals surface area contributed by atoms with E-state index in [-0.39, 0.29) is 18.1 Å². The predicted molar refractivity (Wildman–Crippen MR) is 97.5 cm³/mol. The molecule has 24 heavy (non-hydrogen) atoms. The van der Waals surface area contributed by atoms with Crippen molar-refractivity contribution in [2.75, 3.05) is 29.0 Å². The van der Waals surface area contributed by atoms with E-state index in [4.69, 9.17) is 10.5 Å². The van der Waals surface area contributed by atoms with Crippen LogP contribution in [-0.4, -0.2) is 31.2 Å². The highest BCUT2D eigenvalue weighted by Gasteiger charge is 2.24. The maximum Gasteiger partial charge on any atom is 0.255 e. The fourth-order valence-corrected chi connectivity index (χ4v) is 3.10. The smallest absolute Gasteiger partial charge is 0.255 e. The lowest BCUT2D eigenvalue weighted by Crippen LogP contribution is -2.45. The Morgan fingerprint density at radius 2 is 1.83 bits per heavy atom. The summed E-state index contributed by atoms with van der Waals surface area (Å²) >= 11 is 0. The molecular formula is C19H23N3O2. The molecule has 1 heterocycles. The Kier molecular flexibility index (Phi) is 4.71. The predicted octanol–water partition coefficient (Wildman–Crippen LogP) is 3.13. The number of hydrogen-bond donors (Lipinski definition) is 2. The average molecular weight is 325 g/mol. The molecule has 2 aromatic carbocycles. The molecule has 3 rings (SSSR count). The molecule has 2 unspecified atom stereocenters. The van der Waals surface area contributed by atoms with Crippen molar-refractivity contribution in [3.8, 4) is 0 Å². The first kappa shape index (κ1) is 16.3. The largest absolute Gasteiger partial charge is 0.399 e. The molecule has 0 saturated carbocycles. The number of amides is 1. The Morgan fingerprint density at radius 3 is 2.54 bits per heavy atom. The van der Waals surface area contributed by atoms with Crippen molar-refractivity contribution >= 4 is 23.0 Å². The van der Waals surface area contributed by atoms with Gasteiger partial charge in [-0.2, -0.15) is 0 Å². The molecule has 0 bridgehead atoms. The monoisotopic (exact) mass is 325 g/mol. The highest BCUT2D eigenvalue weighted by atomic mass is 16.5. The number of para-hydroxylation sites is 2. The molecule has 2 aromatic rings. The first-order valence-corrected chi connectivity index (χ1v) is 8.19. The summed E-state index contributed by atoms with van der Waals surface area (Å²) < 4.78 is 5.80. The lowest BCUT2D eigenvalue weighted by atomic mass is 10.1. The Balaban J connectivity index is 1.83. The molecule has 0 radical (unpaired) electrons. The summed E-state index contributed by atoms with van der Waals surface area (Å²) in [5.41, 5.74) is 8.70. The van der Waals surface area contributed by atoms with Crippen molar-refractivity contribution in [1.82, 2.24) is 0 Å².